The van der Waals surface area contributed by atoms with Crippen molar-refractivity contribution in [2.24, 2.45) is 0 Å². The number of hydrogen-bond donors (Lipinski definition) is 4. The quantitative estimate of drug-likeness (QED) is 0.235. The van der Waals surface area contributed by atoms with E-state index in [4.69, 9.17) is 14.9 Å². The second-order valence-electron chi connectivity index (χ2n) is 6.22. The van der Waals surface area contributed by atoms with E-state index in [9.17, 15) is 5.11 Å². The molecule has 13 heteroatoms. The molecule has 3 aromatic rings. The van der Waals surface area contributed by atoms with Crippen LogP contribution in [-0.2, 0) is 0 Å². The van der Waals surface area contributed by atoms with Crippen LogP contribution >= 0.6 is 23.1 Å². The summed E-state index contributed by atoms with van der Waals surface area (Å²) in [5.74, 6) is 2.43. The van der Waals surface area contributed by atoms with Gasteiger partial charge < -0.3 is 0 Å². The standard InChI is InChI=1S/C16H17N5O4S2.Ra.Rb.H/c1-9-14(6-18-21-9)25-13-4-10(26-3-2-22)5-17-15(13)20-16-19-11(8-27-16)12(24)7-23;;;/h4-5,8,12,22-24H,2-3,7H2,1H3,(H-,17,18,19,20,21);;;/q-1;;+1;. The van der Waals surface area contributed by atoms with E-state index in [2.05, 4.69) is 18.8 Å². The third-order valence-corrected chi connectivity index (χ3v) is 21.5. The molecule has 0 saturated heterocycles. The van der Waals surface area contributed by atoms with Crippen molar-refractivity contribution in [1.29, 1.82) is 0 Å². The van der Waals surface area contributed by atoms with E-state index >= 15 is 0 Å². The van der Waals surface area contributed by atoms with Crippen LogP contribution in [0.3, 0.4) is 0 Å². The third-order valence-electron chi connectivity index (χ3n) is 4.10. The number of hydrogen-bond acceptors (Lipinski definition) is 10. The van der Waals surface area contributed by atoms with Crippen LogP contribution < -0.4 is 10.8 Å². The molecule has 0 aliphatic rings. The molecule has 0 aromatic carbocycles. The molecule has 0 fully saturated rings. The molecule has 0 aliphatic carbocycles. The molecule has 0 spiro atoms. The molecular weight excluding hydrogens is 702 g/mol. The molecule has 3 rings (SSSR count). The molecule has 1 atom stereocenters. The fourth-order valence-electron chi connectivity index (χ4n) is 2.54. The van der Waals surface area contributed by atoms with E-state index < -0.39 is 6.10 Å². The zero-order chi connectivity index (χ0) is 21.0. The van der Waals surface area contributed by atoms with Crippen molar-refractivity contribution < 1.29 is 62.8 Å². The number of nitrogens with one attached hydrogen (secondary N) is 1. The number of ether oxygens (including phenoxy) is 1. The van der Waals surface area contributed by atoms with Gasteiger partial charge in [-0.05, 0) is 0 Å². The van der Waals surface area contributed by atoms with Gasteiger partial charge in [-0.3, -0.25) is 0 Å². The van der Waals surface area contributed by atoms with Crippen LogP contribution in [0.5, 0.6) is 11.5 Å². The van der Waals surface area contributed by atoms with Gasteiger partial charge in [-0.15, -0.1) is 0 Å². The second kappa shape index (κ2) is 11.8. The molecule has 0 aliphatic heterocycles. The first kappa shape index (κ1) is 24.7. The number of aliphatic hydroxyl groups excluding tert-OH is 3. The first-order valence-corrected chi connectivity index (χ1v) is 17.0. The summed E-state index contributed by atoms with van der Waals surface area (Å²) < 4.78 is 9.52. The van der Waals surface area contributed by atoms with Gasteiger partial charge in [0.2, 0.25) is 0 Å². The zero-order valence-electron chi connectivity index (χ0n) is 16.3. The second-order valence-corrected chi connectivity index (χ2v) is 14.2. The van der Waals surface area contributed by atoms with Crippen LogP contribution in [0.4, 0.5) is 10.9 Å². The molecule has 0 radical (unpaired) electrons. The van der Waals surface area contributed by atoms with Crippen LogP contribution in [0.1, 0.15) is 17.5 Å². The fourth-order valence-corrected chi connectivity index (χ4v) is 7.50. The Morgan fingerprint density at radius 2 is 2.24 bits per heavy atom. The Hall–Kier alpha value is 1.09. The molecular formula is C16H18N5O4RaRbS2. The predicted molar refractivity (Wildman–Crippen MR) is 109 cm³/mol. The Kier molecular flexibility index (Phi) is 10.1. The van der Waals surface area contributed by atoms with Gasteiger partial charge in [0.25, 0.3) is 0 Å². The van der Waals surface area contributed by atoms with E-state index in [1.165, 1.54) is 23.8 Å². The van der Waals surface area contributed by atoms with Crippen LogP contribution in [-0.4, -0.2) is 104 Å². The minimum absolute atomic E-state index is 0.0724. The Labute approximate surface area is 245 Å². The summed E-state index contributed by atoms with van der Waals surface area (Å²) >= 11 is 3.12. The summed E-state index contributed by atoms with van der Waals surface area (Å²) in [7, 11) is 0. The fraction of sp³-hybridized carbons (Fsp3) is 0.312. The predicted octanol–water partition coefficient (Wildman–Crippen LogP) is 0.528. The molecule has 29 heavy (non-hydrogen) atoms. The summed E-state index contributed by atoms with van der Waals surface area (Å²) in [5.41, 5.74) is 1.27. The number of thiazole rings is 1. The molecule has 3 heterocycles. The third kappa shape index (κ3) is 6.55. The number of aliphatic hydroxyl groups is 3. The van der Waals surface area contributed by atoms with Gasteiger partial charge >= 0.3 is 250 Å². The van der Waals surface area contributed by atoms with Crippen LogP contribution in [0.2, 0.25) is 0 Å². The number of pyridine rings is 1. The van der Waals surface area contributed by atoms with Gasteiger partial charge in [0.1, 0.15) is 0 Å². The number of nitrogens with zero attached hydrogens (tertiary/aromatic N) is 4. The molecule has 146 valence electrons. The molecule has 0 amide bonds. The van der Waals surface area contributed by atoms with Crippen molar-refractivity contribution in [3.8, 4) is 11.5 Å². The van der Waals surface area contributed by atoms with Crippen molar-refractivity contribution >= 4 is 90.8 Å². The summed E-state index contributed by atoms with van der Waals surface area (Å²) in [5, 5.41) is 37.8. The maximum atomic E-state index is 9.75. The average molecular weight is 720 g/mol. The van der Waals surface area contributed by atoms with E-state index in [0.29, 0.717) is 28.1 Å². The average Bonchev–Trinajstić information content (AvgIpc) is 3.27. The van der Waals surface area contributed by atoms with Crippen LogP contribution in [0, 0.1) is 49.7 Å². The summed E-state index contributed by atoms with van der Waals surface area (Å²) in [6, 6.07) is 1.89. The monoisotopic (exact) mass is 719 g/mol. The van der Waals surface area contributed by atoms with E-state index in [1.54, 1.807) is 11.6 Å². The number of rotatable bonds is 9. The summed E-state index contributed by atoms with van der Waals surface area (Å²) in [4.78, 5) is 9.67. The van der Waals surface area contributed by atoms with E-state index in [0.717, 1.165) is 16.3 Å². The first-order chi connectivity index (χ1) is 13.9. The normalized spacial score (nSPS) is 12.2. The van der Waals surface area contributed by atoms with Gasteiger partial charge in [-0.2, -0.15) is 0 Å². The molecule has 0 saturated carbocycles. The van der Waals surface area contributed by atoms with E-state index in [-0.39, 0.29) is 112 Å². The van der Waals surface area contributed by atoms with Gasteiger partial charge in [-0.25, -0.2) is 0 Å². The molecule has 9 nitrogen and oxygen atoms in total. The Balaban J connectivity index is 1.92. The van der Waals surface area contributed by atoms with Gasteiger partial charge in [-0.1, -0.05) is 0 Å². The maximum absolute atomic E-state index is 9.75. The van der Waals surface area contributed by atoms with E-state index in [1.807, 2.05) is 13.0 Å². The van der Waals surface area contributed by atoms with Gasteiger partial charge in [0, 0.05) is 0 Å². The number of anilines is 2. The molecule has 1 unspecified atom stereocenters. The summed E-state index contributed by atoms with van der Waals surface area (Å²) in [6.45, 7) is 1.64. The van der Waals surface area contributed by atoms with Crippen molar-refractivity contribution in [1.82, 2.24) is 13.5 Å². The number of aromatic nitrogens is 4. The van der Waals surface area contributed by atoms with Crippen LogP contribution in [0.25, 0.3) is 0 Å². The topological polar surface area (TPSA) is 126 Å². The number of thioether (sulfide) groups is 1. The number of aryl methyl sites for hydroxylation is 1. The van der Waals surface area contributed by atoms with Crippen molar-refractivity contribution in [3.63, 3.8) is 0 Å². The minimum atomic E-state index is -1.01. The van der Waals surface area contributed by atoms with Crippen molar-refractivity contribution in [2.75, 3.05) is 24.3 Å². The van der Waals surface area contributed by atoms with Gasteiger partial charge in [0.05, 0.1) is 0 Å². The zero-order valence-corrected chi connectivity index (χ0v) is 31.1. The Bertz CT molecular complexity index is 986. The van der Waals surface area contributed by atoms with Gasteiger partial charge in [0.15, 0.2) is 0 Å². The SMILES string of the molecule is Cc1n[n]([Rb])[c]([RaH])c1Oc1cc(SCCO)cnc1Nc1nc(C(O)CO)cs1. The molecule has 0 bridgehead atoms. The Morgan fingerprint density at radius 3 is 2.90 bits per heavy atom. The van der Waals surface area contributed by atoms with Crippen LogP contribution in [0.15, 0.2) is 22.5 Å². The Morgan fingerprint density at radius 1 is 1.45 bits per heavy atom. The summed E-state index contributed by atoms with van der Waals surface area (Å²) in [6.07, 6.45) is 0.704. The first-order valence-electron chi connectivity index (χ1n) is 8.86. The van der Waals surface area contributed by atoms with Crippen molar-refractivity contribution in [3.05, 3.63) is 29.0 Å². The molecule has 3 aromatic heterocycles. The molecule has 4 N–H and O–H groups in total. The van der Waals surface area contributed by atoms with Crippen molar-refractivity contribution in [2.45, 2.75) is 17.9 Å².